The first kappa shape index (κ1) is 14.5. The molecule has 98 valence electrons. The zero-order valence-corrected chi connectivity index (χ0v) is 11.4. The molecule has 0 unspecified atom stereocenters. The van der Waals surface area contributed by atoms with Crippen molar-refractivity contribution in [1.29, 1.82) is 5.26 Å². The number of nitrogens with zero attached hydrogens (tertiary/aromatic N) is 3. The number of unbranched alkanes of at least 4 members (excludes halogenated alkanes) is 1. The Bertz CT molecular complexity index is 516. The number of hydrogen-bond acceptors (Lipinski definition) is 4. The summed E-state index contributed by atoms with van der Waals surface area (Å²) in [7, 11) is 0. The Kier molecular flexibility index (Phi) is 4.74. The molecule has 18 heavy (non-hydrogen) atoms. The molecule has 1 rings (SSSR count). The highest BCUT2D eigenvalue weighted by Gasteiger charge is 2.15. The molecule has 0 aliphatic carbocycles. The Hall–Kier alpha value is -1.54. The van der Waals surface area contributed by atoms with Crippen molar-refractivity contribution in [3.63, 3.8) is 0 Å². The van der Waals surface area contributed by atoms with Crippen LogP contribution in [0, 0.1) is 16.7 Å². The fraction of sp³-hybridized carbons (Fsp3) is 0.583. The van der Waals surface area contributed by atoms with Crippen molar-refractivity contribution in [2.45, 2.75) is 39.7 Å². The summed E-state index contributed by atoms with van der Waals surface area (Å²) in [5.74, 6) is 0. The molecule has 5 nitrogen and oxygen atoms in total. The van der Waals surface area contributed by atoms with Gasteiger partial charge < -0.3 is 5.73 Å². The number of nitriles is 1. The van der Waals surface area contributed by atoms with E-state index in [0.717, 1.165) is 19.3 Å². The van der Waals surface area contributed by atoms with Gasteiger partial charge in [-0.3, -0.25) is 9.36 Å². The third kappa shape index (κ3) is 3.74. The Morgan fingerprint density at radius 2 is 2.22 bits per heavy atom. The van der Waals surface area contributed by atoms with E-state index in [1.165, 1.54) is 10.9 Å². The molecule has 0 fully saturated rings. The maximum atomic E-state index is 11.7. The van der Waals surface area contributed by atoms with Gasteiger partial charge in [-0.25, -0.2) is 4.98 Å². The van der Waals surface area contributed by atoms with E-state index in [-0.39, 0.29) is 21.8 Å². The molecule has 0 radical (unpaired) electrons. The first-order chi connectivity index (χ1) is 8.37. The van der Waals surface area contributed by atoms with Crippen LogP contribution < -0.4 is 11.3 Å². The second kappa shape index (κ2) is 5.87. The summed E-state index contributed by atoms with van der Waals surface area (Å²) in [5.41, 5.74) is 4.86. The predicted octanol–water partition coefficient (Wildman–Crippen LogP) is 2.20. The molecule has 0 aromatic carbocycles. The molecule has 1 heterocycles. The summed E-state index contributed by atoms with van der Waals surface area (Å²) < 4.78 is 1.45. The third-order valence-electron chi connectivity index (χ3n) is 2.78. The number of nitrogens with two attached hydrogens (primary N) is 1. The Morgan fingerprint density at radius 1 is 1.56 bits per heavy atom. The normalized spacial score (nSPS) is 11.2. The minimum Gasteiger partial charge on any atom is -0.392 e. The van der Waals surface area contributed by atoms with E-state index in [1.807, 2.05) is 13.8 Å². The van der Waals surface area contributed by atoms with Gasteiger partial charge in [-0.05, 0) is 26.7 Å². The van der Waals surface area contributed by atoms with Gasteiger partial charge in [0, 0.05) is 6.54 Å². The van der Waals surface area contributed by atoms with Crippen molar-refractivity contribution in [2.75, 3.05) is 5.73 Å². The van der Waals surface area contributed by atoms with Gasteiger partial charge >= 0.3 is 0 Å². The van der Waals surface area contributed by atoms with Gasteiger partial charge in [-0.2, -0.15) is 5.26 Å². The number of aromatic nitrogens is 2. The van der Waals surface area contributed by atoms with Gasteiger partial charge in [-0.15, -0.1) is 0 Å². The molecule has 0 saturated heterocycles. The molecular weight excluding hydrogens is 252 g/mol. The van der Waals surface area contributed by atoms with Gasteiger partial charge in [0.1, 0.15) is 5.69 Å². The molecular formula is C12H17ClN4O. The van der Waals surface area contributed by atoms with Crippen molar-refractivity contribution in [2.24, 2.45) is 5.41 Å². The first-order valence-electron chi connectivity index (χ1n) is 5.79. The lowest BCUT2D eigenvalue weighted by molar-refractivity contribution is 0.415. The minimum atomic E-state index is -0.317. The van der Waals surface area contributed by atoms with Crippen LogP contribution in [0.2, 0.25) is 5.15 Å². The number of nitrogen functional groups attached to an aromatic ring is 1. The van der Waals surface area contributed by atoms with Crippen LogP contribution in [0.5, 0.6) is 0 Å². The van der Waals surface area contributed by atoms with Crippen molar-refractivity contribution < 1.29 is 0 Å². The number of hydrogen-bond donors (Lipinski definition) is 1. The average molecular weight is 269 g/mol. The monoisotopic (exact) mass is 268 g/mol. The van der Waals surface area contributed by atoms with E-state index < -0.39 is 0 Å². The molecule has 0 saturated carbocycles. The van der Waals surface area contributed by atoms with Crippen molar-refractivity contribution >= 4 is 17.3 Å². The van der Waals surface area contributed by atoms with E-state index in [4.69, 9.17) is 22.6 Å². The number of rotatable bonds is 5. The minimum absolute atomic E-state index is 0.0171. The zero-order chi connectivity index (χ0) is 13.8. The zero-order valence-electron chi connectivity index (χ0n) is 10.6. The molecule has 0 aliphatic heterocycles. The Labute approximate surface area is 111 Å². The van der Waals surface area contributed by atoms with Crippen LogP contribution >= 0.6 is 11.6 Å². The summed E-state index contributed by atoms with van der Waals surface area (Å²) in [6.45, 7) is 4.34. The van der Waals surface area contributed by atoms with Crippen molar-refractivity contribution in [3.05, 3.63) is 21.8 Å². The molecule has 0 aliphatic rings. The number of aryl methyl sites for hydroxylation is 1. The predicted molar refractivity (Wildman–Crippen MR) is 71.2 cm³/mol. The summed E-state index contributed by atoms with van der Waals surface area (Å²) in [5, 5.41) is 8.92. The molecule has 0 amide bonds. The fourth-order valence-electron chi connectivity index (χ4n) is 1.55. The number of anilines is 1. The molecule has 2 N–H and O–H groups in total. The molecule has 0 atom stereocenters. The maximum Gasteiger partial charge on any atom is 0.278 e. The molecule has 0 bridgehead atoms. The Balaban J connectivity index is 2.54. The lowest BCUT2D eigenvalue weighted by Gasteiger charge is -2.14. The molecule has 6 heteroatoms. The van der Waals surface area contributed by atoms with Crippen LogP contribution in [-0.2, 0) is 6.54 Å². The quantitative estimate of drug-likeness (QED) is 0.655. The molecule has 1 aromatic heterocycles. The van der Waals surface area contributed by atoms with E-state index in [0.29, 0.717) is 6.54 Å². The fourth-order valence-corrected chi connectivity index (χ4v) is 1.67. The van der Waals surface area contributed by atoms with Gasteiger partial charge in [0.15, 0.2) is 5.15 Å². The first-order valence-corrected chi connectivity index (χ1v) is 6.17. The largest absolute Gasteiger partial charge is 0.392 e. The Morgan fingerprint density at radius 3 is 2.83 bits per heavy atom. The van der Waals surface area contributed by atoms with Crippen molar-refractivity contribution in [3.8, 4) is 6.07 Å². The van der Waals surface area contributed by atoms with Gasteiger partial charge in [0.2, 0.25) is 0 Å². The lowest BCUT2D eigenvalue weighted by Crippen LogP contribution is -2.24. The van der Waals surface area contributed by atoms with Crippen LogP contribution in [-0.4, -0.2) is 9.55 Å². The van der Waals surface area contributed by atoms with Crippen molar-refractivity contribution in [1.82, 2.24) is 9.55 Å². The maximum absolute atomic E-state index is 11.7. The lowest BCUT2D eigenvalue weighted by atomic mass is 9.89. The summed E-state index contributed by atoms with van der Waals surface area (Å²) >= 11 is 5.64. The second-order valence-corrected chi connectivity index (χ2v) is 5.26. The van der Waals surface area contributed by atoms with Gasteiger partial charge in [-0.1, -0.05) is 18.0 Å². The number of halogens is 1. The average Bonchev–Trinajstić information content (AvgIpc) is 2.34. The van der Waals surface area contributed by atoms with Crippen LogP contribution in [0.4, 0.5) is 5.69 Å². The van der Waals surface area contributed by atoms with Crippen LogP contribution in [0.3, 0.4) is 0 Å². The van der Waals surface area contributed by atoms with Crippen LogP contribution in [0.15, 0.2) is 11.1 Å². The third-order valence-corrected chi connectivity index (χ3v) is 3.08. The standard InChI is InChI=1S/C12H17ClN4O/c1-12(2,7-14)5-3-4-6-17-8-16-10(13)9(15)11(17)18/h8H,3-6,15H2,1-2H3. The highest BCUT2D eigenvalue weighted by Crippen LogP contribution is 2.21. The molecule has 0 spiro atoms. The molecule has 1 aromatic rings. The van der Waals surface area contributed by atoms with E-state index in [1.54, 1.807) is 0 Å². The van der Waals surface area contributed by atoms with Crippen LogP contribution in [0.1, 0.15) is 33.1 Å². The van der Waals surface area contributed by atoms with Crippen LogP contribution in [0.25, 0.3) is 0 Å². The van der Waals surface area contributed by atoms with E-state index in [2.05, 4.69) is 11.1 Å². The smallest absolute Gasteiger partial charge is 0.278 e. The topological polar surface area (TPSA) is 84.7 Å². The summed E-state index contributed by atoms with van der Waals surface area (Å²) in [6.07, 6.45) is 3.87. The highest BCUT2D eigenvalue weighted by molar-refractivity contribution is 6.31. The summed E-state index contributed by atoms with van der Waals surface area (Å²) in [4.78, 5) is 15.5. The summed E-state index contributed by atoms with van der Waals surface area (Å²) in [6, 6.07) is 2.25. The second-order valence-electron chi connectivity index (χ2n) is 4.90. The van der Waals surface area contributed by atoms with Gasteiger partial charge in [0.25, 0.3) is 5.56 Å². The van der Waals surface area contributed by atoms with E-state index >= 15 is 0 Å². The highest BCUT2D eigenvalue weighted by atomic mass is 35.5. The van der Waals surface area contributed by atoms with E-state index in [9.17, 15) is 4.79 Å². The van der Waals surface area contributed by atoms with Gasteiger partial charge in [0.05, 0.1) is 17.8 Å². The SMILES string of the molecule is CC(C)(C#N)CCCCn1cnc(Cl)c(N)c1=O.